The number of anilines is 1. The maximum absolute atomic E-state index is 8.99. The number of hydrogen-bond acceptors (Lipinski definition) is 3. The van der Waals surface area contributed by atoms with Crippen molar-refractivity contribution in [1.29, 1.82) is 5.26 Å². The largest absolute Gasteiger partial charge is 0.387 e. The van der Waals surface area contributed by atoms with E-state index in [1.165, 1.54) is 31.2 Å². The Bertz CT molecular complexity index is 386. The summed E-state index contributed by atoms with van der Waals surface area (Å²) in [6.45, 7) is 0. The summed E-state index contributed by atoms with van der Waals surface area (Å²) in [5.74, 6) is 0.591. The fourth-order valence-electron chi connectivity index (χ4n) is 2.39. The molecule has 1 aliphatic rings. The Kier molecular flexibility index (Phi) is 2.86. The molecular formula is C12H15N3. The van der Waals surface area contributed by atoms with Crippen LogP contribution in [0.15, 0.2) is 12.4 Å². The van der Waals surface area contributed by atoms with E-state index >= 15 is 0 Å². The lowest BCUT2D eigenvalue weighted by molar-refractivity contribution is 0.720. The van der Waals surface area contributed by atoms with Gasteiger partial charge in [0, 0.05) is 19.4 Å². The third-order valence-electron chi connectivity index (χ3n) is 3.14. The summed E-state index contributed by atoms with van der Waals surface area (Å²) < 4.78 is 0. The second-order valence-corrected chi connectivity index (χ2v) is 3.99. The molecule has 1 N–H and O–H groups in total. The van der Waals surface area contributed by atoms with E-state index in [0.29, 0.717) is 11.5 Å². The Labute approximate surface area is 90.1 Å². The van der Waals surface area contributed by atoms with Crippen LogP contribution in [0.4, 0.5) is 5.69 Å². The molecule has 0 spiro atoms. The fraction of sp³-hybridized carbons (Fsp3) is 0.500. The molecule has 0 unspecified atom stereocenters. The van der Waals surface area contributed by atoms with Crippen LogP contribution in [0.3, 0.4) is 0 Å². The van der Waals surface area contributed by atoms with E-state index in [1.54, 1.807) is 6.20 Å². The Balaban J connectivity index is 2.41. The quantitative estimate of drug-likeness (QED) is 0.800. The number of rotatable bonds is 2. The molecule has 3 nitrogen and oxygen atoms in total. The van der Waals surface area contributed by atoms with Gasteiger partial charge in [0.15, 0.2) is 0 Å². The van der Waals surface area contributed by atoms with Crippen LogP contribution in [-0.4, -0.2) is 12.0 Å². The predicted molar refractivity (Wildman–Crippen MR) is 59.7 cm³/mol. The van der Waals surface area contributed by atoms with Gasteiger partial charge in [-0.3, -0.25) is 4.98 Å². The molecule has 0 atom stereocenters. The molecule has 1 aliphatic carbocycles. The van der Waals surface area contributed by atoms with Crippen molar-refractivity contribution < 1.29 is 0 Å². The number of aromatic nitrogens is 1. The standard InChI is InChI=1S/C12H15N3/c1-14-12-10(6-13)7-15-8-11(12)9-4-2-3-5-9/h7-9H,2-5H2,1H3,(H,14,15). The Morgan fingerprint density at radius 1 is 1.40 bits per heavy atom. The fourth-order valence-corrected chi connectivity index (χ4v) is 2.39. The van der Waals surface area contributed by atoms with Crippen LogP contribution in [-0.2, 0) is 0 Å². The van der Waals surface area contributed by atoms with Gasteiger partial charge in [-0.05, 0) is 24.3 Å². The van der Waals surface area contributed by atoms with Crippen LogP contribution < -0.4 is 5.32 Å². The van der Waals surface area contributed by atoms with Crippen LogP contribution in [0.25, 0.3) is 0 Å². The highest BCUT2D eigenvalue weighted by Gasteiger charge is 2.21. The highest BCUT2D eigenvalue weighted by atomic mass is 14.8. The van der Waals surface area contributed by atoms with E-state index < -0.39 is 0 Å². The van der Waals surface area contributed by atoms with Gasteiger partial charge in [0.1, 0.15) is 6.07 Å². The molecule has 0 aliphatic heterocycles. The molecule has 0 radical (unpaired) electrons. The van der Waals surface area contributed by atoms with Crippen molar-refractivity contribution in [2.24, 2.45) is 0 Å². The summed E-state index contributed by atoms with van der Waals surface area (Å²) in [5.41, 5.74) is 2.84. The van der Waals surface area contributed by atoms with Gasteiger partial charge in [0.05, 0.1) is 11.3 Å². The molecule has 1 aromatic rings. The van der Waals surface area contributed by atoms with Crippen molar-refractivity contribution in [3.8, 4) is 6.07 Å². The average molecular weight is 201 g/mol. The normalized spacial score (nSPS) is 16.3. The third-order valence-corrected chi connectivity index (χ3v) is 3.14. The molecule has 0 saturated heterocycles. The number of nitriles is 1. The summed E-state index contributed by atoms with van der Waals surface area (Å²) >= 11 is 0. The van der Waals surface area contributed by atoms with Crippen LogP contribution in [0.5, 0.6) is 0 Å². The van der Waals surface area contributed by atoms with Gasteiger partial charge in [0.2, 0.25) is 0 Å². The predicted octanol–water partition coefficient (Wildman–Crippen LogP) is 2.65. The highest BCUT2D eigenvalue weighted by molar-refractivity contribution is 5.62. The van der Waals surface area contributed by atoms with Crippen molar-refractivity contribution in [3.63, 3.8) is 0 Å². The molecule has 0 aromatic carbocycles. The molecule has 0 bridgehead atoms. The molecule has 0 amide bonds. The lowest BCUT2D eigenvalue weighted by atomic mass is 9.96. The van der Waals surface area contributed by atoms with Gasteiger partial charge in [-0.1, -0.05) is 12.8 Å². The summed E-state index contributed by atoms with van der Waals surface area (Å²) in [6.07, 6.45) is 8.58. The number of nitrogens with zero attached hydrogens (tertiary/aromatic N) is 2. The first-order valence-electron chi connectivity index (χ1n) is 5.42. The van der Waals surface area contributed by atoms with Gasteiger partial charge in [0.25, 0.3) is 0 Å². The lowest BCUT2D eigenvalue weighted by Gasteiger charge is -2.15. The van der Waals surface area contributed by atoms with Crippen LogP contribution in [0.1, 0.15) is 42.7 Å². The van der Waals surface area contributed by atoms with E-state index in [2.05, 4.69) is 16.4 Å². The Morgan fingerprint density at radius 3 is 2.73 bits per heavy atom. The minimum absolute atomic E-state index is 0.591. The third kappa shape index (κ3) is 1.80. The molecule has 3 heteroatoms. The van der Waals surface area contributed by atoms with Gasteiger partial charge in [-0.25, -0.2) is 0 Å². The zero-order valence-electron chi connectivity index (χ0n) is 8.95. The number of nitrogens with one attached hydrogen (secondary N) is 1. The maximum atomic E-state index is 8.99. The minimum Gasteiger partial charge on any atom is -0.387 e. The van der Waals surface area contributed by atoms with Crippen LogP contribution in [0, 0.1) is 11.3 Å². The Morgan fingerprint density at radius 2 is 2.13 bits per heavy atom. The van der Waals surface area contributed by atoms with Gasteiger partial charge < -0.3 is 5.32 Å². The highest BCUT2D eigenvalue weighted by Crippen LogP contribution is 2.38. The maximum Gasteiger partial charge on any atom is 0.103 e. The molecule has 2 rings (SSSR count). The summed E-state index contributed by atoms with van der Waals surface area (Å²) in [4.78, 5) is 4.15. The topological polar surface area (TPSA) is 48.7 Å². The summed E-state index contributed by atoms with van der Waals surface area (Å²) in [5, 5.41) is 12.1. The number of pyridine rings is 1. The van der Waals surface area contributed by atoms with Crippen molar-refractivity contribution in [2.75, 3.05) is 12.4 Å². The molecule has 15 heavy (non-hydrogen) atoms. The van der Waals surface area contributed by atoms with Crippen molar-refractivity contribution in [3.05, 3.63) is 23.5 Å². The molecule has 1 fully saturated rings. The van der Waals surface area contributed by atoms with Gasteiger partial charge in [-0.15, -0.1) is 0 Å². The first-order valence-corrected chi connectivity index (χ1v) is 5.42. The van der Waals surface area contributed by atoms with Gasteiger partial charge in [-0.2, -0.15) is 5.26 Å². The van der Waals surface area contributed by atoms with Gasteiger partial charge >= 0.3 is 0 Å². The van der Waals surface area contributed by atoms with Crippen LogP contribution in [0.2, 0.25) is 0 Å². The lowest BCUT2D eigenvalue weighted by Crippen LogP contribution is -2.03. The summed E-state index contributed by atoms with van der Waals surface area (Å²) in [7, 11) is 1.87. The smallest absolute Gasteiger partial charge is 0.103 e. The first-order chi connectivity index (χ1) is 7.36. The second kappa shape index (κ2) is 4.31. The molecule has 78 valence electrons. The minimum atomic E-state index is 0.591. The zero-order valence-corrected chi connectivity index (χ0v) is 8.95. The molecular weight excluding hydrogens is 186 g/mol. The van der Waals surface area contributed by atoms with E-state index in [4.69, 9.17) is 5.26 Å². The zero-order chi connectivity index (χ0) is 10.7. The van der Waals surface area contributed by atoms with E-state index in [-0.39, 0.29) is 0 Å². The van der Waals surface area contributed by atoms with E-state index in [9.17, 15) is 0 Å². The van der Waals surface area contributed by atoms with Crippen LogP contribution >= 0.6 is 0 Å². The molecule has 1 aromatic heterocycles. The first kappa shape index (κ1) is 9.97. The van der Waals surface area contributed by atoms with E-state index in [0.717, 1.165) is 5.69 Å². The van der Waals surface area contributed by atoms with Crippen molar-refractivity contribution in [2.45, 2.75) is 31.6 Å². The average Bonchev–Trinajstić information content (AvgIpc) is 2.81. The molecule has 1 heterocycles. The second-order valence-electron chi connectivity index (χ2n) is 3.99. The van der Waals surface area contributed by atoms with Crippen molar-refractivity contribution in [1.82, 2.24) is 4.98 Å². The van der Waals surface area contributed by atoms with E-state index in [1.807, 2.05) is 13.2 Å². The van der Waals surface area contributed by atoms with Crippen molar-refractivity contribution >= 4 is 5.69 Å². The SMILES string of the molecule is CNc1c(C#N)cncc1C1CCCC1. The monoisotopic (exact) mass is 201 g/mol. The Hall–Kier alpha value is -1.56. The summed E-state index contributed by atoms with van der Waals surface area (Å²) in [6, 6.07) is 2.19. The molecule has 1 saturated carbocycles. The number of hydrogen-bond donors (Lipinski definition) is 1.